The van der Waals surface area contributed by atoms with Crippen LogP contribution in [0.1, 0.15) is 12.5 Å². The van der Waals surface area contributed by atoms with Gasteiger partial charge in [0.2, 0.25) is 0 Å². The van der Waals surface area contributed by atoms with Crippen LogP contribution in [-0.4, -0.2) is 45.8 Å². The number of aromatic nitrogens is 2. The smallest absolute Gasteiger partial charge is 0.371 e. The van der Waals surface area contributed by atoms with Gasteiger partial charge in [0.25, 0.3) is 0 Å². The van der Waals surface area contributed by atoms with Crippen LogP contribution < -0.4 is 4.90 Å². The average Bonchev–Trinajstić information content (AvgIpc) is 2.60. The number of anilines is 1. The molecule has 0 spiro atoms. The Balaban J connectivity index is 2.46. The molecule has 7 nitrogen and oxygen atoms in total. The number of halogens is 4. The van der Waals surface area contributed by atoms with Crippen LogP contribution in [0.3, 0.4) is 0 Å². The Morgan fingerprint density at radius 3 is 2.52 bits per heavy atom. The van der Waals surface area contributed by atoms with E-state index in [1.165, 1.54) is 14.0 Å². The highest BCUT2D eigenvalue weighted by Gasteiger charge is 2.46. The first kappa shape index (κ1) is 15.7. The number of alkyl halides is 3. The molecule has 116 valence electrons. The maximum atomic E-state index is 12.8. The molecule has 1 aliphatic heterocycles. The van der Waals surface area contributed by atoms with Crippen LogP contribution >= 0.6 is 11.6 Å². The number of carbonyl (C=O) groups is 1. The fourth-order valence-electron chi connectivity index (χ4n) is 1.89. The van der Waals surface area contributed by atoms with Gasteiger partial charge in [0, 0.05) is 0 Å². The molecule has 0 saturated carbocycles. The highest BCUT2D eigenvalue weighted by molar-refractivity contribution is 6.30. The molecule has 2 unspecified atom stereocenters. The molecule has 1 N–H and O–H groups in total. The standard InChI is InChI=1S/C10H10ClF3N4O3/c1-4-8(19)17(9(20)18(4)21-2)6-3-5(10(12,13)14)7(11)16-15-6/h3-4,8,19H,1-2H3. The minimum atomic E-state index is -4.76. The Hall–Kier alpha value is -1.65. The molecule has 2 amide bonds. The van der Waals surface area contributed by atoms with E-state index in [1.54, 1.807) is 0 Å². The van der Waals surface area contributed by atoms with Crippen LogP contribution in [0.25, 0.3) is 0 Å². The molecule has 2 heterocycles. The lowest BCUT2D eigenvalue weighted by Crippen LogP contribution is -2.36. The van der Waals surface area contributed by atoms with Crippen LogP contribution in [0.4, 0.5) is 23.8 Å². The minimum Gasteiger partial charge on any atom is -0.371 e. The molecule has 1 aromatic rings. The monoisotopic (exact) mass is 326 g/mol. The van der Waals surface area contributed by atoms with Crippen molar-refractivity contribution in [2.45, 2.75) is 25.4 Å². The minimum absolute atomic E-state index is 0.476. The Bertz CT molecular complexity index is 571. The zero-order chi connectivity index (χ0) is 15.9. The Kier molecular flexibility index (Phi) is 3.95. The number of amides is 2. The van der Waals surface area contributed by atoms with E-state index < -0.39 is 41.0 Å². The molecule has 11 heteroatoms. The maximum absolute atomic E-state index is 12.8. The summed E-state index contributed by atoms with van der Waals surface area (Å²) < 4.78 is 38.3. The SMILES string of the molecule is CON1C(=O)N(c2cc(C(F)(F)F)c(Cl)nn2)C(O)C1C. The van der Waals surface area contributed by atoms with Crippen molar-refractivity contribution in [1.29, 1.82) is 0 Å². The lowest BCUT2D eigenvalue weighted by molar-refractivity contribution is -0.137. The maximum Gasteiger partial charge on any atom is 0.419 e. The van der Waals surface area contributed by atoms with Crippen molar-refractivity contribution in [1.82, 2.24) is 15.3 Å². The summed E-state index contributed by atoms with van der Waals surface area (Å²) in [7, 11) is 1.19. The topological polar surface area (TPSA) is 78.8 Å². The van der Waals surface area contributed by atoms with E-state index in [0.29, 0.717) is 11.0 Å². The van der Waals surface area contributed by atoms with Gasteiger partial charge in [-0.1, -0.05) is 11.6 Å². The summed E-state index contributed by atoms with van der Waals surface area (Å²) in [6, 6.07) is -1.11. The van der Waals surface area contributed by atoms with E-state index in [0.717, 1.165) is 5.06 Å². The van der Waals surface area contributed by atoms with Crippen molar-refractivity contribution >= 4 is 23.4 Å². The van der Waals surface area contributed by atoms with Gasteiger partial charge in [-0.15, -0.1) is 10.2 Å². The first-order chi connectivity index (χ1) is 9.68. The van der Waals surface area contributed by atoms with Gasteiger partial charge >= 0.3 is 12.2 Å². The van der Waals surface area contributed by atoms with E-state index in [1.807, 2.05) is 0 Å². The van der Waals surface area contributed by atoms with Crippen molar-refractivity contribution in [2.75, 3.05) is 12.0 Å². The third-order valence-electron chi connectivity index (χ3n) is 2.95. The summed E-state index contributed by atoms with van der Waals surface area (Å²) in [6.45, 7) is 1.46. The number of hydroxylamine groups is 2. The third-order valence-corrected chi connectivity index (χ3v) is 3.22. The second-order valence-electron chi connectivity index (χ2n) is 4.22. The molecule has 0 aliphatic carbocycles. The van der Waals surface area contributed by atoms with Crippen molar-refractivity contribution in [3.63, 3.8) is 0 Å². The normalized spacial score (nSPS) is 23.1. The molecule has 0 aromatic carbocycles. The molecule has 1 aromatic heterocycles. The van der Waals surface area contributed by atoms with Crippen molar-refractivity contribution < 1.29 is 27.9 Å². The number of aliphatic hydroxyl groups is 1. The summed E-state index contributed by atoms with van der Waals surface area (Å²) in [5, 5.41) is 16.5. The zero-order valence-corrected chi connectivity index (χ0v) is 11.6. The second-order valence-corrected chi connectivity index (χ2v) is 4.58. The van der Waals surface area contributed by atoms with E-state index in [-0.39, 0.29) is 0 Å². The van der Waals surface area contributed by atoms with Crippen LogP contribution in [0.15, 0.2) is 6.07 Å². The Morgan fingerprint density at radius 2 is 2.05 bits per heavy atom. The first-order valence-electron chi connectivity index (χ1n) is 5.63. The fourth-order valence-corrected chi connectivity index (χ4v) is 2.09. The number of nitrogens with zero attached hydrogens (tertiary/aromatic N) is 4. The van der Waals surface area contributed by atoms with E-state index in [4.69, 9.17) is 16.4 Å². The number of rotatable bonds is 2. The van der Waals surface area contributed by atoms with Gasteiger partial charge in [-0.3, -0.25) is 4.84 Å². The predicted molar refractivity (Wildman–Crippen MR) is 64.2 cm³/mol. The first-order valence-corrected chi connectivity index (χ1v) is 6.01. The lowest BCUT2D eigenvalue weighted by atomic mass is 10.2. The Morgan fingerprint density at radius 1 is 1.43 bits per heavy atom. The van der Waals surface area contributed by atoms with Crippen molar-refractivity contribution in [3.05, 3.63) is 16.8 Å². The van der Waals surface area contributed by atoms with E-state index in [2.05, 4.69) is 10.2 Å². The zero-order valence-electron chi connectivity index (χ0n) is 10.8. The number of hydrogen-bond acceptors (Lipinski definition) is 5. The predicted octanol–water partition coefficient (Wildman–Crippen LogP) is 1.66. The van der Waals surface area contributed by atoms with Crippen molar-refractivity contribution in [2.24, 2.45) is 0 Å². The van der Waals surface area contributed by atoms with Gasteiger partial charge in [0.1, 0.15) is 6.04 Å². The molecule has 2 rings (SSSR count). The third kappa shape index (κ3) is 2.61. The van der Waals surface area contributed by atoms with Gasteiger partial charge in [-0.2, -0.15) is 18.2 Å². The summed E-state index contributed by atoms with van der Waals surface area (Å²) >= 11 is 5.35. The Labute approximate surface area is 121 Å². The lowest BCUT2D eigenvalue weighted by Gasteiger charge is -2.19. The summed E-state index contributed by atoms with van der Waals surface area (Å²) in [4.78, 5) is 17.4. The average molecular weight is 327 g/mol. The van der Waals surface area contributed by atoms with Gasteiger partial charge < -0.3 is 5.11 Å². The number of hydrogen-bond donors (Lipinski definition) is 1. The summed E-state index contributed by atoms with van der Waals surface area (Å²) in [6.07, 6.45) is -6.20. The van der Waals surface area contributed by atoms with Crippen LogP contribution in [0.5, 0.6) is 0 Å². The van der Waals surface area contributed by atoms with Gasteiger partial charge in [-0.05, 0) is 13.0 Å². The summed E-state index contributed by atoms with van der Waals surface area (Å²) in [5.41, 5.74) is -1.25. The van der Waals surface area contributed by atoms with Crippen LogP contribution in [-0.2, 0) is 11.0 Å². The molecule has 2 atom stereocenters. The molecule has 0 bridgehead atoms. The molecule has 0 radical (unpaired) electrons. The van der Waals surface area contributed by atoms with Gasteiger partial charge in [0.05, 0.1) is 12.7 Å². The van der Waals surface area contributed by atoms with Crippen LogP contribution in [0, 0.1) is 0 Å². The van der Waals surface area contributed by atoms with Crippen LogP contribution in [0.2, 0.25) is 5.15 Å². The van der Waals surface area contributed by atoms with E-state index in [9.17, 15) is 23.1 Å². The molecular formula is C10H10ClF3N4O3. The highest BCUT2D eigenvalue weighted by atomic mass is 35.5. The largest absolute Gasteiger partial charge is 0.419 e. The number of urea groups is 1. The summed E-state index contributed by atoms with van der Waals surface area (Å²) in [5.74, 6) is -0.476. The van der Waals surface area contributed by atoms with E-state index >= 15 is 0 Å². The molecule has 1 fully saturated rings. The number of carbonyl (C=O) groups excluding carboxylic acids is 1. The molecular weight excluding hydrogens is 317 g/mol. The molecule has 1 aliphatic rings. The number of aliphatic hydroxyl groups excluding tert-OH is 1. The molecule has 1 saturated heterocycles. The fraction of sp³-hybridized carbons (Fsp3) is 0.500. The van der Waals surface area contributed by atoms with Crippen molar-refractivity contribution in [3.8, 4) is 0 Å². The van der Waals surface area contributed by atoms with Gasteiger partial charge in [-0.25, -0.2) is 9.69 Å². The highest BCUT2D eigenvalue weighted by Crippen LogP contribution is 2.36. The van der Waals surface area contributed by atoms with Gasteiger partial charge in [0.15, 0.2) is 17.2 Å². The second kappa shape index (κ2) is 5.28. The molecule has 21 heavy (non-hydrogen) atoms. The quantitative estimate of drug-likeness (QED) is 0.894.